The third kappa shape index (κ3) is 2.00. The van der Waals surface area contributed by atoms with Crippen LogP contribution in [-0.2, 0) is 19.7 Å². The molecule has 1 aromatic rings. The predicted octanol–water partition coefficient (Wildman–Crippen LogP) is 3.42. The minimum Gasteiger partial charge on any atom is -0.347 e. The predicted molar refractivity (Wildman–Crippen MR) is 98.6 cm³/mol. The lowest BCUT2D eigenvalue weighted by Gasteiger charge is -2.57. The first kappa shape index (κ1) is 16.5. The van der Waals surface area contributed by atoms with E-state index in [1.54, 1.807) is 0 Å². The molecular formula is C22H27NO3. The zero-order valence-corrected chi connectivity index (χ0v) is 15.7. The second-order valence-corrected chi connectivity index (χ2v) is 8.65. The summed E-state index contributed by atoms with van der Waals surface area (Å²) >= 11 is 0. The zero-order chi connectivity index (χ0) is 18.0. The van der Waals surface area contributed by atoms with E-state index in [-0.39, 0.29) is 11.3 Å². The fourth-order valence-corrected chi connectivity index (χ4v) is 5.51. The molecule has 3 fully saturated rings. The van der Waals surface area contributed by atoms with Crippen molar-refractivity contribution < 1.29 is 14.3 Å². The summed E-state index contributed by atoms with van der Waals surface area (Å²) in [7, 11) is 0. The lowest BCUT2D eigenvalue weighted by Crippen LogP contribution is -2.63. The molecule has 2 aliphatic carbocycles. The molecule has 138 valence electrons. The summed E-state index contributed by atoms with van der Waals surface area (Å²) in [5.74, 6) is -0.316. The highest BCUT2D eigenvalue weighted by Gasteiger charge is 2.65. The third-order valence-electron chi connectivity index (χ3n) is 7.04. The molecule has 2 aliphatic heterocycles. The van der Waals surface area contributed by atoms with Crippen molar-refractivity contribution in [1.82, 2.24) is 4.90 Å². The van der Waals surface area contributed by atoms with Crippen molar-refractivity contribution in [2.75, 3.05) is 19.8 Å². The number of rotatable bonds is 2. The molecule has 2 saturated carbocycles. The van der Waals surface area contributed by atoms with Gasteiger partial charge in [0.2, 0.25) is 5.91 Å². The van der Waals surface area contributed by atoms with E-state index in [2.05, 4.69) is 37.0 Å². The van der Waals surface area contributed by atoms with E-state index < -0.39 is 11.2 Å². The smallest absolute Gasteiger partial charge is 0.237 e. The number of carbonyl (C=O) groups excluding carboxylic acids is 1. The van der Waals surface area contributed by atoms with Crippen LogP contribution in [0.4, 0.5) is 0 Å². The van der Waals surface area contributed by atoms with Crippen LogP contribution in [0.1, 0.15) is 45.1 Å². The van der Waals surface area contributed by atoms with E-state index in [0.29, 0.717) is 25.8 Å². The zero-order valence-electron chi connectivity index (χ0n) is 15.7. The summed E-state index contributed by atoms with van der Waals surface area (Å²) in [6.07, 6.45) is 6.07. The fourth-order valence-electron chi connectivity index (χ4n) is 5.51. The van der Waals surface area contributed by atoms with Gasteiger partial charge in [-0.15, -0.1) is 0 Å². The molecule has 26 heavy (non-hydrogen) atoms. The molecular weight excluding hydrogens is 326 g/mol. The van der Waals surface area contributed by atoms with Gasteiger partial charge in [0.15, 0.2) is 5.79 Å². The molecule has 1 aromatic carbocycles. The Morgan fingerprint density at radius 1 is 1.04 bits per heavy atom. The van der Waals surface area contributed by atoms with Crippen molar-refractivity contribution in [3.8, 4) is 0 Å². The van der Waals surface area contributed by atoms with Gasteiger partial charge < -0.3 is 14.4 Å². The first-order chi connectivity index (χ1) is 12.5. The number of carbonyl (C=O) groups is 1. The molecule has 0 bridgehead atoms. The molecule has 1 spiro atoms. The van der Waals surface area contributed by atoms with E-state index in [1.807, 2.05) is 18.2 Å². The molecule has 1 saturated heterocycles. The van der Waals surface area contributed by atoms with Crippen LogP contribution >= 0.6 is 0 Å². The lowest BCUT2D eigenvalue weighted by molar-refractivity contribution is -0.236. The van der Waals surface area contributed by atoms with Gasteiger partial charge in [-0.05, 0) is 30.4 Å². The molecule has 0 radical (unpaired) electrons. The maximum atomic E-state index is 13.9. The van der Waals surface area contributed by atoms with Crippen molar-refractivity contribution in [3.05, 3.63) is 47.5 Å². The number of hydrogen-bond donors (Lipinski definition) is 0. The SMILES string of the molecule is CC1(C)C2=CCN(C3CC3)C(=O)C2(c2ccccc2)CCC12OCCO2. The van der Waals surface area contributed by atoms with Crippen LogP contribution in [0.15, 0.2) is 42.0 Å². The van der Waals surface area contributed by atoms with Crippen LogP contribution in [0, 0.1) is 5.41 Å². The molecule has 4 heteroatoms. The van der Waals surface area contributed by atoms with E-state index in [4.69, 9.17) is 9.47 Å². The van der Waals surface area contributed by atoms with Crippen LogP contribution in [0.25, 0.3) is 0 Å². The molecule has 0 N–H and O–H groups in total. The maximum absolute atomic E-state index is 13.9. The summed E-state index contributed by atoms with van der Waals surface area (Å²) < 4.78 is 12.3. The number of fused-ring (bicyclic) bond motifs is 1. The summed E-state index contributed by atoms with van der Waals surface area (Å²) in [5.41, 5.74) is 1.38. The monoisotopic (exact) mass is 353 g/mol. The van der Waals surface area contributed by atoms with Gasteiger partial charge in [-0.25, -0.2) is 0 Å². The Morgan fingerprint density at radius 3 is 2.38 bits per heavy atom. The van der Waals surface area contributed by atoms with Gasteiger partial charge in [0.25, 0.3) is 0 Å². The maximum Gasteiger partial charge on any atom is 0.237 e. The number of nitrogens with zero attached hydrogens (tertiary/aromatic N) is 1. The first-order valence-electron chi connectivity index (χ1n) is 9.87. The normalized spacial score (nSPS) is 32.5. The van der Waals surface area contributed by atoms with Gasteiger partial charge in [0, 0.05) is 24.4 Å². The minimum atomic E-state index is -0.598. The average Bonchev–Trinajstić information content (AvgIpc) is 3.37. The Bertz CT molecular complexity index is 759. The fraction of sp³-hybridized carbons (Fsp3) is 0.591. The van der Waals surface area contributed by atoms with Crippen LogP contribution < -0.4 is 0 Å². The van der Waals surface area contributed by atoms with Gasteiger partial charge in [-0.3, -0.25) is 4.79 Å². The van der Waals surface area contributed by atoms with Crippen molar-refractivity contribution >= 4 is 5.91 Å². The Hall–Kier alpha value is -1.65. The summed E-state index contributed by atoms with van der Waals surface area (Å²) in [4.78, 5) is 16.0. The molecule has 5 rings (SSSR count). The molecule has 4 nitrogen and oxygen atoms in total. The molecule has 1 atom stereocenters. The Labute approximate surface area is 155 Å². The topological polar surface area (TPSA) is 38.8 Å². The van der Waals surface area contributed by atoms with Gasteiger partial charge in [0.1, 0.15) is 0 Å². The molecule has 2 heterocycles. The molecule has 4 aliphatic rings. The van der Waals surface area contributed by atoms with Gasteiger partial charge in [-0.2, -0.15) is 0 Å². The quantitative estimate of drug-likeness (QED) is 0.765. The Balaban J connectivity index is 1.68. The average molecular weight is 353 g/mol. The van der Waals surface area contributed by atoms with Crippen LogP contribution in [-0.4, -0.2) is 42.4 Å². The summed E-state index contributed by atoms with van der Waals surface area (Å²) in [6.45, 7) is 6.38. The van der Waals surface area contributed by atoms with Gasteiger partial charge >= 0.3 is 0 Å². The Kier molecular flexibility index (Phi) is 3.45. The van der Waals surface area contributed by atoms with Crippen molar-refractivity contribution in [2.45, 2.75) is 56.8 Å². The van der Waals surface area contributed by atoms with Gasteiger partial charge in [-0.1, -0.05) is 50.3 Å². The number of benzene rings is 1. The standard InChI is InChI=1S/C22H27NO3/c1-20(2)18-10-13-23(17-8-9-17)19(24)21(18,16-6-4-3-5-7-16)11-12-22(20)25-14-15-26-22/h3-7,10,17H,8-9,11-15H2,1-2H3. The largest absolute Gasteiger partial charge is 0.347 e. The number of hydrogen-bond acceptors (Lipinski definition) is 3. The van der Waals surface area contributed by atoms with E-state index in [1.165, 1.54) is 5.57 Å². The van der Waals surface area contributed by atoms with Crippen LogP contribution in [0.3, 0.4) is 0 Å². The van der Waals surface area contributed by atoms with E-state index in [0.717, 1.165) is 31.2 Å². The molecule has 1 unspecified atom stereocenters. The van der Waals surface area contributed by atoms with Crippen LogP contribution in [0.5, 0.6) is 0 Å². The van der Waals surface area contributed by atoms with Gasteiger partial charge in [0.05, 0.1) is 18.6 Å². The van der Waals surface area contributed by atoms with Crippen molar-refractivity contribution in [1.29, 1.82) is 0 Å². The highest BCUT2D eigenvalue weighted by atomic mass is 16.7. The molecule has 0 aromatic heterocycles. The number of amides is 1. The van der Waals surface area contributed by atoms with Crippen molar-refractivity contribution in [2.24, 2.45) is 5.41 Å². The first-order valence-corrected chi connectivity index (χ1v) is 9.87. The highest BCUT2D eigenvalue weighted by molar-refractivity contribution is 5.94. The lowest BCUT2D eigenvalue weighted by atomic mass is 9.53. The highest BCUT2D eigenvalue weighted by Crippen LogP contribution is 2.61. The molecule has 1 amide bonds. The summed E-state index contributed by atoms with van der Waals surface area (Å²) in [6, 6.07) is 10.8. The Morgan fingerprint density at radius 2 is 1.73 bits per heavy atom. The van der Waals surface area contributed by atoms with E-state index in [9.17, 15) is 4.79 Å². The minimum absolute atomic E-state index is 0.282. The van der Waals surface area contributed by atoms with Crippen LogP contribution in [0.2, 0.25) is 0 Å². The van der Waals surface area contributed by atoms with Crippen molar-refractivity contribution in [3.63, 3.8) is 0 Å². The number of ether oxygens (including phenoxy) is 2. The van der Waals surface area contributed by atoms with E-state index >= 15 is 0 Å². The third-order valence-corrected chi connectivity index (χ3v) is 7.04. The second-order valence-electron chi connectivity index (χ2n) is 8.65. The summed E-state index contributed by atoms with van der Waals surface area (Å²) in [5, 5.41) is 0. The second kappa shape index (κ2) is 5.43.